The molecule has 118 valence electrons. The molecule has 21 heavy (non-hydrogen) atoms. The Labute approximate surface area is 129 Å². The number of carbonyl (C=O) groups is 1. The number of nitrogens with one attached hydrogen (secondary N) is 2. The summed E-state index contributed by atoms with van der Waals surface area (Å²) in [4.78, 5) is 11.4. The van der Waals surface area contributed by atoms with Crippen molar-refractivity contribution < 1.29 is 13.9 Å². The van der Waals surface area contributed by atoms with Crippen LogP contribution in [0.4, 0.5) is 20.6 Å². The van der Waals surface area contributed by atoms with E-state index in [-0.39, 0.29) is 5.02 Å². The maximum Gasteiger partial charge on any atom is 0.407 e. The third-order valence-corrected chi connectivity index (χ3v) is 2.72. The number of rotatable bonds is 5. The average molecular weight is 318 g/mol. The molecular weight excluding hydrogens is 297 g/mol. The highest BCUT2D eigenvalue weighted by atomic mass is 35.5. The Morgan fingerprint density at radius 1 is 1.38 bits per heavy atom. The fourth-order valence-electron chi connectivity index (χ4n) is 1.53. The van der Waals surface area contributed by atoms with Crippen molar-refractivity contribution in [1.82, 2.24) is 5.32 Å². The van der Waals surface area contributed by atoms with E-state index in [1.165, 1.54) is 12.1 Å². The Kier molecular flexibility index (Phi) is 6.08. The van der Waals surface area contributed by atoms with Gasteiger partial charge >= 0.3 is 6.09 Å². The molecule has 0 aliphatic heterocycles. The summed E-state index contributed by atoms with van der Waals surface area (Å²) in [6.07, 6.45) is 0.183. The molecular formula is C14H21ClFN3O2. The molecule has 0 radical (unpaired) electrons. The average Bonchev–Trinajstić information content (AvgIpc) is 2.32. The number of hydrogen-bond acceptors (Lipinski definition) is 4. The van der Waals surface area contributed by atoms with E-state index in [2.05, 4.69) is 10.6 Å². The summed E-state index contributed by atoms with van der Waals surface area (Å²) in [5.41, 5.74) is 6.06. The van der Waals surface area contributed by atoms with Crippen molar-refractivity contribution >= 4 is 29.1 Å². The normalized spacial score (nSPS) is 11.1. The van der Waals surface area contributed by atoms with E-state index in [0.717, 1.165) is 0 Å². The van der Waals surface area contributed by atoms with Crippen molar-refractivity contribution in [3.63, 3.8) is 0 Å². The van der Waals surface area contributed by atoms with E-state index in [4.69, 9.17) is 22.1 Å². The second-order valence-corrected chi connectivity index (χ2v) is 5.97. The van der Waals surface area contributed by atoms with Gasteiger partial charge in [-0.25, -0.2) is 9.18 Å². The molecule has 0 aliphatic carbocycles. The molecule has 0 saturated heterocycles. The molecule has 7 heteroatoms. The number of ether oxygens (including phenoxy) is 1. The topological polar surface area (TPSA) is 76.4 Å². The highest BCUT2D eigenvalue weighted by Gasteiger charge is 2.15. The van der Waals surface area contributed by atoms with E-state index >= 15 is 0 Å². The Bertz CT molecular complexity index is 504. The van der Waals surface area contributed by atoms with Crippen molar-refractivity contribution in [3.05, 3.63) is 23.0 Å². The van der Waals surface area contributed by atoms with Gasteiger partial charge in [-0.3, -0.25) is 0 Å². The number of hydrogen-bond donors (Lipinski definition) is 3. The molecule has 1 amide bonds. The van der Waals surface area contributed by atoms with Crippen molar-refractivity contribution in [3.8, 4) is 0 Å². The zero-order valence-corrected chi connectivity index (χ0v) is 13.2. The predicted octanol–water partition coefficient (Wildman–Crippen LogP) is 3.39. The largest absolute Gasteiger partial charge is 0.444 e. The summed E-state index contributed by atoms with van der Waals surface area (Å²) in [6, 6.07) is 2.61. The highest BCUT2D eigenvalue weighted by Crippen LogP contribution is 2.25. The Hall–Kier alpha value is -1.69. The lowest BCUT2D eigenvalue weighted by atomic mass is 10.2. The molecule has 0 heterocycles. The van der Waals surface area contributed by atoms with Crippen LogP contribution in [-0.2, 0) is 4.74 Å². The van der Waals surface area contributed by atoms with Crippen LogP contribution in [0.1, 0.15) is 27.2 Å². The van der Waals surface area contributed by atoms with Gasteiger partial charge in [0.1, 0.15) is 11.4 Å². The van der Waals surface area contributed by atoms with Crippen LogP contribution in [0.25, 0.3) is 0 Å². The second-order valence-electron chi connectivity index (χ2n) is 5.56. The lowest BCUT2D eigenvalue weighted by molar-refractivity contribution is 0.0528. The standard InChI is InChI=1S/C14H21ClFN3O2/c1-14(2,3)21-13(20)19-6-4-5-18-12-8-10(16)9(15)7-11(12)17/h7-8,18H,4-6,17H2,1-3H3,(H,19,20). The molecule has 0 atom stereocenters. The summed E-state index contributed by atoms with van der Waals surface area (Å²) >= 11 is 5.61. The van der Waals surface area contributed by atoms with Crippen LogP contribution < -0.4 is 16.4 Å². The van der Waals surface area contributed by atoms with Crippen LogP contribution in [0, 0.1) is 5.82 Å². The molecule has 0 bridgehead atoms. The van der Waals surface area contributed by atoms with Gasteiger partial charge < -0.3 is 21.1 Å². The number of benzene rings is 1. The van der Waals surface area contributed by atoms with Crippen LogP contribution in [-0.4, -0.2) is 24.8 Å². The van der Waals surface area contributed by atoms with Crippen LogP contribution in [0.15, 0.2) is 12.1 Å². The first kappa shape index (κ1) is 17.4. The maximum absolute atomic E-state index is 13.3. The molecule has 1 rings (SSSR count). The second kappa shape index (κ2) is 7.36. The minimum absolute atomic E-state index is 0.00959. The summed E-state index contributed by atoms with van der Waals surface area (Å²) in [5, 5.41) is 5.61. The third kappa shape index (κ3) is 6.53. The maximum atomic E-state index is 13.3. The zero-order chi connectivity index (χ0) is 16.0. The van der Waals surface area contributed by atoms with Crippen LogP contribution in [0.2, 0.25) is 5.02 Å². The first-order valence-corrected chi connectivity index (χ1v) is 7.02. The SMILES string of the molecule is CC(C)(C)OC(=O)NCCCNc1cc(F)c(Cl)cc1N. The fourth-order valence-corrected chi connectivity index (χ4v) is 1.70. The van der Waals surface area contributed by atoms with Gasteiger partial charge in [0.2, 0.25) is 0 Å². The predicted molar refractivity (Wildman–Crippen MR) is 83.2 cm³/mol. The molecule has 1 aromatic carbocycles. The van der Waals surface area contributed by atoms with Crippen molar-refractivity contribution in [2.24, 2.45) is 0 Å². The zero-order valence-electron chi connectivity index (χ0n) is 12.4. The third-order valence-electron chi connectivity index (χ3n) is 2.43. The quantitative estimate of drug-likeness (QED) is 0.574. The molecule has 4 N–H and O–H groups in total. The fraction of sp³-hybridized carbons (Fsp3) is 0.500. The molecule has 0 aliphatic rings. The van der Waals surface area contributed by atoms with Gasteiger partial charge in [0.15, 0.2) is 0 Å². The van der Waals surface area contributed by atoms with Crippen LogP contribution in [0.5, 0.6) is 0 Å². The van der Waals surface area contributed by atoms with E-state index in [9.17, 15) is 9.18 Å². The summed E-state index contributed by atoms with van der Waals surface area (Å²) in [6.45, 7) is 6.36. The lowest BCUT2D eigenvalue weighted by Gasteiger charge is -2.19. The van der Waals surface area contributed by atoms with E-state index in [1.54, 1.807) is 20.8 Å². The Morgan fingerprint density at radius 2 is 2.05 bits per heavy atom. The monoisotopic (exact) mass is 317 g/mol. The van der Waals surface area contributed by atoms with Gasteiger partial charge in [0.05, 0.1) is 16.4 Å². The van der Waals surface area contributed by atoms with Gasteiger partial charge in [0, 0.05) is 19.2 Å². The summed E-state index contributed by atoms with van der Waals surface area (Å²) in [5.74, 6) is -0.528. The van der Waals surface area contributed by atoms with Gasteiger partial charge in [-0.05, 0) is 33.3 Å². The Morgan fingerprint density at radius 3 is 2.67 bits per heavy atom. The lowest BCUT2D eigenvalue weighted by Crippen LogP contribution is -2.33. The first-order chi connectivity index (χ1) is 9.69. The molecule has 5 nitrogen and oxygen atoms in total. The number of halogens is 2. The molecule has 0 unspecified atom stereocenters. The smallest absolute Gasteiger partial charge is 0.407 e. The van der Waals surface area contributed by atoms with E-state index in [0.29, 0.717) is 30.9 Å². The van der Waals surface area contributed by atoms with E-state index < -0.39 is 17.5 Å². The molecule has 1 aromatic rings. The minimum Gasteiger partial charge on any atom is -0.444 e. The van der Waals surface area contributed by atoms with Gasteiger partial charge in [-0.15, -0.1) is 0 Å². The van der Waals surface area contributed by atoms with Crippen molar-refractivity contribution in [2.75, 3.05) is 24.1 Å². The van der Waals surface area contributed by atoms with Crippen molar-refractivity contribution in [2.45, 2.75) is 32.8 Å². The van der Waals surface area contributed by atoms with E-state index in [1.807, 2.05) is 0 Å². The number of anilines is 2. The number of nitrogen functional groups attached to an aromatic ring is 1. The van der Waals surface area contributed by atoms with Gasteiger partial charge in [0.25, 0.3) is 0 Å². The molecule has 0 spiro atoms. The highest BCUT2D eigenvalue weighted by molar-refractivity contribution is 6.31. The van der Waals surface area contributed by atoms with Crippen molar-refractivity contribution in [1.29, 1.82) is 0 Å². The minimum atomic E-state index is -0.528. The molecule has 0 aromatic heterocycles. The summed E-state index contributed by atoms with van der Waals surface area (Å²) in [7, 11) is 0. The number of alkyl carbamates (subject to hydrolysis) is 1. The Balaban J connectivity index is 2.29. The van der Waals surface area contributed by atoms with Gasteiger partial charge in [-0.2, -0.15) is 0 Å². The first-order valence-electron chi connectivity index (χ1n) is 6.64. The van der Waals surface area contributed by atoms with Crippen LogP contribution in [0.3, 0.4) is 0 Å². The summed E-state index contributed by atoms with van der Waals surface area (Å²) < 4.78 is 18.4. The van der Waals surface area contributed by atoms with Gasteiger partial charge in [-0.1, -0.05) is 11.6 Å². The molecule has 0 saturated carbocycles. The number of carbonyl (C=O) groups excluding carboxylic acids is 1. The van der Waals surface area contributed by atoms with Crippen LogP contribution >= 0.6 is 11.6 Å². The number of nitrogens with two attached hydrogens (primary N) is 1. The molecule has 0 fully saturated rings. The number of amides is 1.